The fourth-order valence-corrected chi connectivity index (χ4v) is 5.53. The van der Waals surface area contributed by atoms with E-state index in [1.165, 1.54) is 36.9 Å². The molecule has 1 saturated heterocycles. The monoisotopic (exact) mass is 498 g/mol. The van der Waals surface area contributed by atoms with Crippen LogP contribution in [0.1, 0.15) is 28.8 Å². The summed E-state index contributed by atoms with van der Waals surface area (Å²) in [5.74, 6) is 0.669. The van der Waals surface area contributed by atoms with Crippen LogP contribution in [-0.2, 0) is 16.4 Å². The number of carbonyl (C=O) groups excluding carboxylic acids is 1. The van der Waals surface area contributed by atoms with Gasteiger partial charge in [0.05, 0.1) is 23.3 Å². The molecule has 178 valence electrons. The second-order valence-electron chi connectivity index (χ2n) is 8.42. The molecule has 3 aromatic rings. The highest BCUT2D eigenvalue weighted by Gasteiger charge is 2.27. The number of methoxy groups -OCH3 is 1. The Balaban J connectivity index is 1.54. The summed E-state index contributed by atoms with van der Waals surface area (Å²) >= 11 is 6.20. The van der Waals surface area contributed by atoms with E-state index >= 15 is 0 Å². The fourth-order valence-electron chi connectivity index (χ4n) is 4.27. The first kappa shape index (κ1) is 24.1. The normalized spacial score (nSPS) is 16.2. The summed E-state index contributed by atoms with van der Waals surface area (Å²) in [5, 5.41) is 0.369. The Labute approximate surface area is 205 Å². The topological polar surface area (TPSA) is 75.7 Å². The Hall–Kier alpha value is -3.03. The molecule has 4 rings (SSSR count). The van der Waals surface area contributed by atoms with E-state index in [4.69, 9.17) is 16.3 Å². The Bertz CT molecular complexity index is 1250. The molecule has 1 amide bonds. The Morgan fingerprint density at radius 1 is 1.09 bits per heavy atom. The van der Waals surface area contributed by atoms with Crippen LogP contribution in [0.5, 0.6) is 5.75 Å². The second kappa shape index (κ2) is 10.5. The molecule has 1 aliphatic heterocycles. The number of carbonyl (C=O) groups is 1. The molecule has 34 heavy (non-hydrogen) atoms. The Morgan fingerprint density at radius 3 is 2.53 bits per heavy atom. The molecular weight excluding hydrogens is 472 g/mol. The van der Waals surface area contributed by atoms with Crippen molar-refractivity contribution >= 4 is 33.2 Å². The summed E-state index contributed by atoms with van der Waals surface area (Å²) in [6.07, 6.45) is 2.85. The molecule has 0 radical (unpaired) electrons. The maximum absolute atomic E-state index is 13.5. The van der Waals surface area contributed by atoms with Gasteiger partial charge in [-0.05, 0) is 73.2 Å². The molecule has 0 spiro atoms. The average molecular weight is 499 g/mol. The number of piperidine rings is 1. The molecule has 0 aliphatic carbocycles. The number of hydrogen-bond acceptors (Lipinski definition) is 4. The molecule has 1 atom stereocenters. The number of sulfonamides is 1. The molecule has 1 unspecified atom stereocenters. The minimum absolute atomic E-state index is 0.0718. The summed E-state index contributed by atoms with van der Waals surface area (Å²) in [4.78, 5) is 15.4. The van der Waals surface area contributed by atoms with Crippen molar-refractivity contribution in [3.63, 3.8) is 0 Å². The third-order valence-electron chi connectivity index (χ3n) is 6.00. The minimum Gasteiger partial charge on any atom is -0.497 e. The molecule has 8 heteroatoms. The van der Waals surface area contributed by atoms with Gasteiger partial charge in [0.15, 0.2) is 0 Å². The number of benzene rings is 3. The molecule has 0 aromatic heterocycles. The summed E-state index contributed by atoms with van der Waals surface area (Å²) in [7, 11) is -2.40. The van der Waals surface area contributed by atoms with Crippen LogP contribution >= 0.6 is 11.6 Å². The van der Waals surface area contributed by atoms with Crippen molar-refractivity contribution in [2.24, 2.45) is 5.92 Å². The van der Waals surface area contributed by atoms with Gasteiger partial charge in [-0.3, -0.25) is 9.52 Å². The Morgan fingerprint density at radius 2 is 1.82 bits per heavy atom. The lowest BCUT2D eigenvalue weighted by molar-refractivity contribution is 0.0674. The average Bonchev–Trinajstić information content (AvgIpc) is 2.85. The summed E-state index contributed by atoms with van der Waals surface area (Å²) in [6, 6.07) is 20.9. The Kier molecular flexibility index (Phi) is 7.44. The van der Waals surface area contributed by atoms with Crippen molar-refractivity contribution in [2.45, 2.75) is 24.2 Å². The maximum Gasteiger partial charge on any atom is 0.261 e. The van der Waals surface area contributed by atoms with E-state index in [1.807, 2.05) is 18.2 Å². The molecular formula is C26H27ClN2O4S. The van der Waals surface area contributed by atoms with E-state index in [1.54, 1.807) is 23.1 Å². The summed E-state index contributed by atoms with van der Waals surface area (Å²) < 4.78 is 33.6. The van der Waals surface area contributed by atoms with Crippen LogP contribution < -0.4 is 9.46 Å². The maximum atomic E-state index is 13.5. The van der Waals surface area contributed by atoms with Crippen molar-refractivity contribution in [1.29, 1.82) is 0 Å². The highest BCUT2D eigenvalue weighted by molar-refractivity contribution is 7.92. The molecule has 3 aromatic carbocycles. The van der Waals surface area contributed by atoms with E-state index in [9.17, 15) is 13.2 Å². The van der Waals surface area contributed by atoms with Crippen LogP contribution in [0.2, 0.25) is 5.02 Å². The number of hydrogen-bond donors (Lipinski definition) is 1. The van der Waals surface area contributed by atoms with Gasteiger partial charge in [0, 0.05) is 18.1 Å². The number of rotatable bonds is 7. The molecule has 1 heterocycles. The van der Waals surface area contributed by atoms with Crippen molar-refractivity contribution in [3.8, 4) is 5.75 Å². The quantitative estimate of drug-likeness (QED) is 0.483. The van der Waals surface area contributed by atoms with Crippen LogP contribution in [0.3, 0.4) is 0 Å². The van der Waals surface area contributed by atoms with Crippen LogP contribution in [0.4, 0.5) is 5.69 Å². The number of likely N-dealkylation sites (tertiary alicyclic amines) is 1. The third kappa shape index (κ3) is 5.72. The van der Waals surface area contributed by atoms with Crippen LogP contribution in [0.25, 0.3) is 0 Å². The molecule has 0 bridgehead atoms. The highest BCUT2D eigenvalue weighted by atomic mass is 35.5. The van der Waals surface area contributed by atoms with Gasteiger partial charge >= 0.3 is 0 Å². The number of nitrogens with zero attached hydrogens (tertiary/aromatic N) is 1. The highest BCUT2D eigenvalue weighted by Crippen LogP contribution is 2.28. The van der Waals surface area contributed by atoms with Gasteiger partial charge in [0.2, 0.25) is 0 Å². The lowest BCUT2D eigenvalue weighted by Crippen LogP contribution is -2.40. The summed E-state index contributed by atoms with van der Waals surface area (Å²) in [6.45, 7) is 1.24. The molecule has 6 nitrogen and oxygen atoms in total. The van der Waals surface area contributed by atoms with E-state index in [-0.39, 0.29) is 22.1 Å². The van der Waals surface area contributed by atoms with Crippen molar-refractivity contribution in [2.75, 3.05) is 24.9 Å². The van der Waals surface area contributed by atoms with Gasteiger partial charge in [-0.15, -0.1) is 0 Å². The lowest BCUT2D eigenvalue weighted by atomic mass is 9.91. The van der Waals surface area contributed by atoms with Gasteiger partial charge in [-0.25, -0.2) is 8.42 Å². The van der Waals surface area contributed by atoms with Gasteiger partial charge in [-0.2, -0.15) is 0 Å². The number of halogens is 1. The molecule has 0 saturated carbocycles. The fraction of sp³-hybridized carbons (Fsp3) is 0.269. The number of amides is 1. The zero-order valence-corrected chi connectivity index (χ0v) is 20.5. The standard InChI is InChI=1S/C26H27ClN2O4S/c1-33-22-10-12-23(13-11-22)34(31,32)28-25-14-9-21(27)17-24(25)26(30)29-15-5-8-20(18-29)16-19-6-3-2-4-7-19/h2-4,6-7,9-14,17,20,28H,5,8,15-16,18H2,1H3. The zero-order chi connectivity index (χ0) is 24.1. The van der Waals surface area contributed by atoms with Crippen LogP contribution in [0, 0.1) is 5.92 Å². The molecule has 1 N–H and O–H groups in total. The van der Waals surface area contributed by atoms with E-state index < -0.39 is 10.0 Å². The van der Waals surface area contributed by atoms with Crippen LogP contribution in [0.15, 0.2) is 77.7 Å². The smallest absolute Gasteiger partial charge is 0.261 e. The van der Waals surface area contributed by atoms with Crippen LogP contribution in [-0.4, -0.2) is 39.4 Å². The number of nitrogens with one attached hydrogen (secondary N) is 1. The van der Waals surface area contributed by atoms with Crippen molar-refractivity contribution in [3.05, 3.63) is 88.9 Å². The van der Waals surface area contributed by atoms with E-state index in [0.29, 0.717) is 29.8 Å². The van der Waals surface area contributed by atoms with Gasteiger partial charge in [0.25, 0.3) is 15.9 Å². The summed E-state index contributed by atoms with van der Waals surface area (Å²) in [5.41, 5.74) is 1.69. The molecule has 1 aliphatic rings. The van der Waals surface area contributed by atoms with E-state index in [0.717, 1.165) is 19.3 Å². The predicted octanol–water partition coefficient (Wildman–Crippen LogP) is 5.24. The largest absolute Gasteiger partial charge is 0.497 e. The van der Waals surface area contributed by atoms with Crippen molar-refractivity contribution < 1.29 is 17.9 Å². The second-order valence-corrected chi connectivity index (χ2v) is 10.5. The third-order valence-corrected chi connectivity index (χ3v) is 7.62. The SMILES string of the molecule is COc1ccc(S(=O)(=O)Nc2ccc(Cl)cc2C(=O)N2CCCC(Cc3ccccc3)C2)cc1. The first-order valence-corrected chi connectivity index (χ1v) is 13.0. The minimum atomic E-state index is -3.91. The number of ether oxygens (including phenoxy) is 1. The predicted molar refractivity (Wildman–Crippen MR) is 134 cm³/mol. The lowest BCUT2D eigenvalue weighted by Gasteiger charge is -2.33. The van der Waals surface area contributed by atoms with Gasteiger partial charge < -0.3 is 9.64 Å². The van der Waals surface area contributed by atoms with Gasteiger partial charge in [0.1, 0.15) is 5.75 Å². The van der Waals surface area contributed by atoms with E-state index in [2.05, 4.69) is 16.9 Å². The first-order valence-electron chi connectivity index (χ1n) is 11.2. The molecule has 1 fully saturated rings. The zero-order valence-electron chi connectivity index (χ0n) is 18.9. The number of anilines is 1. The first-order chi connectivity index (χ1) is 16.4. The van der Waals surface area contributed by atoms with Crippen molar-refractivity contribution in [1.82, 2.24) is 4.90 Å². The van der Waals surface area contributed by atoms with Gasteiger partial charge in [-0.1, -0.05) is 41.9 Å².